The summed E-state index contributed by atoms with van der Waals surface area (Å²) in [5, 5.41) is 6.90. The van der Waals surface area contributed by atoms with Crippen LogP contribution < -0.4 is 10.6 Å². The molecule has 22 heavy (non-hydrogen) atoms. The van der Waals surface area contributed by atoms with Crippen LogP contribution in [0.1, 0.15) is 18.5 Å². The molecule has 0 atom stereocenters. The van der Waals surface area contributed by atoms with E-state index in [1.807, 2.05) is 18.2 Å². The van der Waals surface area contributed by atoms with E-state index in [-0.39, 0.29) is 0 Å². The first-order valence-electron chi connectivity index (χ1n) is 7.59. The van der Waals surface area contributed by atoms with Gasteiger partial charge < -0.3 is 15.4 Å². The second-order valence-corrected chi connectivity index (χ2v) is 5.41. The maximum absolute atomic E-state index is 5.22. The first-order chi connectivity index (χ1) is 10.8. The molecule has 6 nitrogen and oxygen atoms in total. The van der Waals surface area contributed by atoms with Crippen molar-refractivity contribution < 1.29 is 4.74 Å². The molecule has 1 aliphatic rings. The van der Waals surface area contributed by atoms with Crippen LogP contribution in [0.5, 0.6) is 0 Å². The van der Waals surface area contributed by atoms with Crippen LogP contribution in [0.25, 0.3) is 11.4 Å². The zero-order valence-electron chi connectivity index (χ0n) is 12.7. The average molecular weight is 299 g/mol. The number of ether oxygens (including phenoxy) is 1. The highest BCUT2D eigenvalue weighted by Crippen LogP contribution is 2.19. The third-order valence-corrected chi connectivity index (χ3v) is 3.70. The van der Waals surface area contributed by atoms with Crippen molar-refractivity contribution in [3.05, 3.63) is 36.3 Å². The molecule has 3 heterocycles. The summed E-state index contributed by atoms with van der Waals surface area (Å²) in [6.07, 6.45) is 5.71. The molecule has 1 fully saturated rings. The minimum atomic E-state index is 0.455. The van der Waals surface area contributed by atoms with Gasteiger partial charge in [0.1, 0.15) is 5.82 Å². The van der Waals surface area contributed by atoms with Gasteiger partial charge in [0.15, 0.2) is 5.82 Å². The normalized spacial score (nSPS) is 15.7. The molecule has 0 radical (unpaired) electrons. The number of hydrogen-bond donors (Lipinski definition) is 2. The summed E-state index contributed by atoms with van der Waals surface area (Å²) in [4.78, 5) is 13.3. The van der Waals surface area contributed by atoms with E-state index in [0.717, 1.165) is 43.0 Å². The molecule has 1 saturated heterocycles. The molecule has 0 aromatic carbocycles. The molecule has 0 bridgehead atoms. The van der Waals surface area contributed by atoms with Crippen LogP contribution in [0, 0.1) is 0 Å². The van der Waals surface area contributed by atoms with Crippen LogP contribution in [0.3, 0.4) is 0 Å². The summed E-state index contributed by atoms with van der Waals surface area (Å²) in [5.74, 6) is 1.56. The van der Waals surface area contributed by atoms with E-state index in [1.165, 1.54) is 0 Å². The van der Waals surface area contributed by atoms with Crippen molar-refractivity contribution in [2.24, 2.45) is 0 Å². The Hall–Kier alpha value is -2.05. The first-order valence-corrected chi connectivity index (χ1v) is 7.59. The van der Waals surface area contributed by atoms with Crippen molar-refractivity contribution in [1.29, 1.82) is 0 Å². The molecule has 116 valence electrons. The number of aromatic nitrogens is 3. The van der Waals surface area contributed by atoms with E-state index in [9.17, 15) is 0 Å². The second-order valence-electron chi connectivity index (χ2n) is 5.41. The molecular weight excluding hydrogens is 278 g/mol. The molecule has 0 spiro atoms. The van der Waals surface area contributed by atoms with Gasteiger partial charge in [0, 0.05) is 37.2 Å². The highest BCUT2D eigenvalue weighted by molar-refractivity contribution is 5.56. The lowest BCUT2D eigenvalue weighted by atomic mass is 10.1. The van der Waals surface area contributed by atoms with Gasteiger partial charge in [0.25, 0.3) is 0 Å². The highest BCUT2D eigenvalue weighted by Gasteiger charge is 2.14. The van der Waals surface area contributed by atoms with Crippen LogP contribution in [0.2, 0.25) is 0 Å². The van der Waals surface area contributed by atoms with Crippen molar-refractivity contribution in [1.82, 2.24) is 20.3 Å². The van der Waals surface area contributed by atoms with Gasteiger partial charge in [0.2, 0.25) is 0 Å². The molecule has 0 amide bonds. The maximum Gasteiger partial charge on any atom is 0.161 e. The maximum atomic E-state index is 5.22. The lowest BCUT2D eigenvalue weighted by molar-refractivity contribution is 0.181. The first kappa shape index (κ1) is 14.9. The largest absolute Gasteiger partial charge is 0.378 e. The third kappa shape index (κ3) is 3.78. The Morgan fingerprint density at radius 1 is 1.23 bits per heavy atom. The lowest BCUT2D eigenvalue weighted by Gasteiger charge is -2.24. The zero-order chi connectivity index (χ0) is 15.2. The Balaban J connectivity index is 1.86. The monoisotopic (exact) mass is 299 g/mol. The summed E-state index contributed by atoms with van der Waals surface area (Å²) < 4.78 is 5.22. The summed E-state index contributed by atoms with van der Waals surface area (Å²) in [5.41, 5.74) is 1.84. The number of piperidine rings is 1. The summed E-state index contributed by atoms with van der Waals surface area (Å²) in [7, 11) is 1.67. The Morgan fingerprint density at radius 3 is 2.73 bits per heavy atom. The molecule has 1 aliphatic heterocycles. The van der Waals surface area contributed by atoms with E-state index >= 15 is 0 Å². The molecule has 0 unspecified atom stereocenters. The number of anilines is 1. The van der Waals surface area contributed by atoms with E-state index in [1.54, 1.807) is 19.5 Å². The molecule has 2 N–H and O–H groups in total. The molecule has 6 heteroatoms. The number of nitrogens with zero attached hydrogens (tertiary/aromatic N) is 3. The molecule has 0 aliphatic carbocycles. The fourth-order valence-electron chi connectivity index (χ4n) is 2.60. The quantitative estimate of drug-likeness (QED) is 0.878. The molecule has 2 aromatic heterocycles. The van der Waals surface area contributed by atoms with Crippen LogP contribution in [0.4, 0.5) is 5.82 Å². The van der Waals surface area contributed by atoms with Gasteiger partial charge in [-0.1, -0.05) is 0 Å². The fraction of sp³-hybridized carbons (Fsp3) is 0.438. The van der Waals surface area contributed by atoms with E-state index in [2.05, 4.69) is 25.6 Å². The van der Waals surface area contributed by atoms with E-state index < -0.39 is 0 Å². The average Bonchev–Trinajstić information content (AvgIpc) is 2.57. The van der Waals surface area contributed by atoms with E-state index in [0.29, 0.717) is 18.5 Å². The van der Waals surface area contributed by atoms with E-state index in [4.69, 9.17) is 4.74 Å². The predicted molar refractivity (Wildman–Crippen MR) is 85.5 cm³/mol. The highest BCUT2D eigenvalue weighted by atomic mass is 16.5. The van der Waals surface area contributed by atoms with Crippen molar-refractivity contribution in [3.8, 4) is 11.4 Å². The minimum Gasteiger partial charge on any atom is -0.378 e. The standard InChI is InChI=1S/C16H21N5O/c1-22-11-14-10-15(19-13-4-8-18-9-5-13)21-16(20-14)12-2-6-17-7-3-12/h2-3,6-7,10,13,18H,4-5,8-9,11H2,1H3,(H,19,20,21). The molecular formula is C16H21N5O. The number of pyridine rings is 1. The summed E-state index contributed by atoms with van der Waals surface area (Å²) >= 11 is 0. The zero-order valence-corrected chi connectivity index (χ0v) is 12.7. The smallest absolute Gasteiger partial charge is 0.161 e. The van der Waals surface area contributed by atoms with Gasteiger partial charge in [-0.15, -0.1) is 0 Å². The number of hydrogen-bond acceptors (Lipinski definition) is 6. The van der Waals surface area contributed by atoms with Crippen LogP contribution in [-0.4, -0.2) is 41.2 Å². The molecule has 2 aromatic rings. The Kier molecular flexibility index (Phi) is 4.92. The number of rotatable bonds is 5. The number of methoxy groups -OCH3 is 1. The van der Waals surface area contributed by atoms with Gasteiger partial charge in [-0.3, -0.25) is 4.98 Å². The Labute approximate surface area is 130 Å². The van der Waals surface area contributed by atoms with Crippen molar-refractivity contribution in [3.63, 3.8) is 0 Å². The summed E-state index contributed by atoms with van der Waals surface area (Å²) in [6.45, 7) is 2.57. The van der Waals surface area contributed by atoms with Gasteiger partial charge in [-0.2, -0.15) is 0 Å². The van der Waals surface area contributed by atoms with Crippen molar-refractivity contribution in [2.75, 3.05) is 25.5 Å². The van der Waals surface area contributed by atoms with Crippen LogP contribution in [0.15, 0.2) is 30.6 Å². The lowest BCUT2D eigenvalue weighted by Crippen LogP contribution is -2.35. The van der Waals surface area contributed by atoms with Crippen LogP contribution >= 0.6 is 0 Å². The second kappa shape index (κ2) is 7.29. The predicted octanol–water partition coefficient (Wildman–Crippen LogP) is 1.85. The van der Waals surface area contributed by atoms with Crippen LogP contribution in [-0.2, 0) is 11.3 Å². The fourth-order valence-corrected chi connectivity index (χ4v) is 2.60. The SMILES string of the molecule is COCc1cc(NC2CCNCC2)nc(-c2ccncc2)n1. The van der Waals surface area contributed by atoms with Gasteiger partial charge in [-0.05, 0) is 38.1 Å². The Bertz CT molecular complexity index is 599. The minimum absolute atomic E-state index is 0.455. The van der Waals surface area contributed by atoms with Crippen molar-refractivity contribution in [2.45, 2.75) is 25.5 Å². The molecule has 3 rings (SSSR count). The van der Waals surface area contributed by atoms with Gasteiger partial charge in [0.05, 0.1) is 12.3 Å². The van der Waals surface area contributed by atoms with Gasteiger partial charge >= 0.3 is 0 Å². The third-order valence-electron chi connectivity index (χ3n) is 3.70. The number of nitrogens with one attached hydrogen (secondary N) is 2. The topological polar surface area (TPSA) is 72.0 Å². The van der Waals surface area contributed by atoms with Gasteiger partial charge in [-0.25, -0.2) is 9.97 Å². The van der Waals surface area contributed by atoms with Crippen molar-refractivity contribution >= 4 is 5.82 Å². The summed E-state index contributed by atoms with van der Waals surface area (Å²) in [6, 6.07) is 6.26. The Morgan fingerprint density at radius 2 is 2.00 bits per heavy atom. The molecule has 0 saturated carbocycles.